The van der Waals surface area contributed by atoms with Gasteiger partial charge in [0.1, 0.15) is 17.2 Å². The summed E-state index contributed by atoms with van der Waals surface area (Å²) in [6, 6.07) is 4.84. The van der Waals surface area contributed by atoms with Gasteiger partial charge in [0, 0.05) is 25.2 Å². The fourth-order valence-electron chi connectivity index (χ4n) is 3.28. The molecule has 0 unspecified atom stereocenters. The molecule has 2 aromatic rings. The van der Waals surface area contributed by atoms with Crippen LogP contribution < -0.4 is 14.9 Å². The molecule has 0 atom stereocenters. The molecular formula is C19H26N2O4. The average molecular weight is 346 g/mol. The number of nitrogens with zero attached hydrogens (tertiary/aromatic N) is 2. The van der Waals surface area contributed by atoms with Crippen LogP contribution in [0.1, 0.15) is 38.2 Å². The zero-order valence-corrected chi connectivity index (χ0v) is 15.9. The van der Waals surface area contributed by atoms with E-state index in [4.69, 9.17) is 9.47 Å². The van der Waals surface area contributed by atoms with Crippen LogP contribution in [0.3, 0.4) is 0 Å². The van der Waals surface area contributed by atoms with Gasteiger partial charge in [-0.15, -0.1) is 0 Å². The summed E-state index contributed by atoms with van der Waals surface area (Å²) in [5.41, 5.74) is 0.608. The number of ether oxygens (including phenoxy) is 2. The highest BCUT2D eigenvalue weighted by atomic mass is 16.5. The second kappa shape index (κ2) is 7.17. The number of rotatable bonds is 5. The minimum absolute atomic E-state index is 0.0190. The fourth-order valence-corrected chi connectivity index (χ4v) is 3.28. The Kier molecular flexibility index (Phi) is 5.40. The van der Waals surface area contributed by atoms with Crippen LogP contribution in [-0.2, 0) is 7.05 Å². The summed E-state index contributed by atoms with van der Waals surface area (Å²) in [6.07, 6.45) is 0. The number of carbonyl (C=O) groups excluding carboxylic acids is 1. The third kappa shape index (κ3) is 3.21. The molecule has 1 amide bonds. The van der Waals surface area contributed by atoms with E-state index in [1.165, 1.54) is 20.3 Å². The lowest BCUT2D eigenvalue weighted by atomic mass is 10.1. The Morgan fingerprint density at radius 1 is 1.04 bits per heavy atom. The lowest BCUT2D eigenvalue weighted by Gasteiger charge is -2.31. The number of benzene rings is 1. The first-order valence-electron chi connectivity index (χ1n) is 8.31. The molecule has 6 nitrogen and oxygen atoms in total. The molecule has 1 aromatic carbocycles. The molecule has 0 radical (unpaired) electrons. The Morgan fingerprint density at radius 2 is 1.56 bits per heavy atom. The number of hydrogen-bond donors (Lipinski definition) is 0. The Morgan fingerprint density at radius 3 is 2.04 bits per heavy atom. The van der Waals surface area contributed by atoms with Crippen molar-refractivity contribution in [2.75, 3.05) is 14.2 Å². The van der Waals surface area contributed by atoms with Crippen LogP contribution in [0.15, 0.2) is 23.0 Å². The van der Waals surface area contributed by atoms with Crippen molar-refractivity contribution in [3.8, 4) is 11.5 Å². The first-order valence-corrected chi connectivity index (χ1v) is 8.31. The van der Waals surface area contributed by atoms with Gasteiger partial charge in [-0.2, -0.15) is 0 Å². The van der Waals surface area contributed by atoms with Gasteiger partial charge in [-0.3, -0.25) is 9.59 Å². The number of aryl methyl sites for hydroxylation is 1. The van der Waals surface area contributed by atoms with Gasteiger partial charge in [-0.1, -0.05) is 0 Å². The third-order valence-electron chi connectivity index (χ3n) is 4.32. The predicted octanol–water partition coefficient (Wildman–Crippen LogP) is 2.81. The zero-order valence-electron chi connectivity index (χ0n) is 15.9. The van der Waals surface area contributed by atoms with E-state index in [1.54, 1.807) is 28.6 Å². The van der Waals surface area contributed by atoms with Crippen molar-refractivity contribution >= 4 is 16.8 Å². The average Bonchev–Trinajstić information content (AvgIpc) is 2.55. The number of methoxy groups -OCH3 is 2. The summed E-state index contributed by atoms with van der Waals surface area (Å²) < 4.78 is 12.4. The molecule has 1 aromatic heterocycles. The Labute approximate surface area is 148 Å². The van der Waals surface area contributed by atoms with Crippen molar-refractivity contribution in [1.29, 1.82) is 0 Å². The first kappa shape index (κ1) is 18.8. The summed E-state index contributed by atoms with van der Waals surface area (Å²) in [4.78, 5) is 27.6. The highest BCUT2D eigenvalue weighted by Crippen LogP contribution is 2.31. The van der Waals surface area contributed by atoms with Crippen LogP contribution in [0.5, 0.6) is 11.5 Å². The van der Waals surface area contributed by atoms with E-state index < -0.39 is 0 Å². The number of amides is 1. The van der Waals surface area contributed by atoms with Gasteiger partial charge >= 0.3 is 0 Å². The maximum absolute atomic E-state index is 13.1. The van der Waals surface area contributed by atoms with Crippen LogP contribution in [0.4, 0.5) is 0 Å². The van der Waals surface area contributed by atoms with E-state index in [0.29, 0.717) is 28.1 Å². The van der Waals surface area contributed by atoms with Crippen LogP contribution >= 0.6 is 0 Å². The van der Waals surface area contributed by atoms with E-state index >= 15 is 0 Å². The molecule has 0 fully saturated rings. The van der Waals surface area contributed by atoms with Crippen LogP contribution in [-0.4, -0.2) is 41.7 Å². The smallest absolute Gasteiger partial charge is 0.271 e. The molecule has 0 aliphatic carbocycles. The van der Waals surface area contributed by atoms with E-state index in [2.05, 4.69) is 0 Å². The quantitative estimate of drug-likeness (QED) is 0.835. The van der Waals surface area contributed by atoms with E-state index in [-0.39, 0.29) is 23.4 Å². The molecule has 0 aliphatic heterocycles. The maximum atomic E-state index is 13.1. The summed E-state index contributed by atoms with van der Waals surface area (Å²) in [5.74, 6) is 0.794. The van der Waals surface area contributed by atoms with Crippen molar-refractivity contribution < 1.29 is 14.3 Å². The molecular weight excluding hydrogens is 320 g/mol. The molecule has 2 rings (SSSR count). The van der Waals surface area contributed by atoms with Crippen molar-refractivity contribution in [2.24, 2.45) is 7.05 Å². The molecule has 0 N–H and O–H groups in total. The van der Waals surface area contributed by atoms with Gasteiger partial charge in [-0.25, -0.2) is 0 Å². The maximum Gasteiger partial charge on any atom is 0.271 e. The number of carbonyl (C=O) groups is 1. The van der Waals surface area contributed by atoms with Crippen molar-refractivity contribution in [2.45, 2.75) is 39.8 Å². The van der Waals surface area contributed by atoms with Gasteiger partial charge < -0.3 is 18.9 Å². The minimum atomic E-state index is -0.264. The minimum Gasteiger partial charge on any atom is -0.496 e. The molecule has 0 saturated heterocycles. The van der Waals surface area contributed by atoms with Crippen molar-refractivity contribution in [1.82, 2.24) is 9.47 Å². The molecule has 0 aliphatic rings. The molecule has 0 spiro atoms. The molecule has 25 heavy (non-hydrogen) atoms. The van der Waals surface area contributed by atoms with Gasteiger partial charge in [0.15, 0.2) is 5.43 Å². The molecule has 0 bridgehead atoms. The normalized spacial score (nSPS) is 11.2. The fraction of sp³-hybridized carbons (Fsp3) is 0.474. The Hall–Kier alpha value is -2.50. The third-order valence-corrected chi connectivity index (χ3v) is 4.32. The largest absolute Gasteiger partial charge is 0.496 e. The monoisotopic (exact) mass is 346 g/mol. The van der Waals surface area contributed by atoms with Crippen LogP contribution in [0, 0.1) is 0 Å². The number of hydrogen-bond acceptors (Lipinski definition) is 4. The summed E-state index contributed by atoms with van der Waals surface area (Å²) in [6.45, 7) is 7.84. The highest BCUT2D eigenvalue weighted by molar-refractivity contribution is 5.98. The van der Waals surface area contributed by atoms with Gasteiger partial charge in [-0.05, 0) is 39.8 Å². The zero-order chi connectivity index (χ0) is 18.9. The van der Waals surface area contributed by atoms with Crippen LogP contribution in [0.25, 0.3) is 10.9 Å². The second-order valence-electron chi connectivity index (χ2n) is 6.55. The summed E-state index contributed by atoms with van der Waals surface area (Å²) >= 11 is 0. The van der Waals surface area contributed by atoms with Crippen molar-refractivity contribution in [3.05, 3.63) is 34.1 Å². The van der Waals surface area contributed by atoms with Crippen LogP contribution in [0.2, 0.25) is 0 Å². The lowest BCUT2D eigenvalue weighted by molar-refractivity contribution is 0.0633. The first-order chi connectivity index (χ1) is 11.7. The Balaban J connectivity index is 2.82. The number of aromatic nitrogens is 1. The summed E-state index contributed by atoms with van der Waals surface area (Å²) in [5, 5.41) is 0.404. The molecule has 6 heteroatoms. The molecule has 0 saturated carbocycles. The Bertz CT molecular complexity index is 845. The topological polar surface area (TPSA) is 60.8 Å². The van der Waals surface area contributed by atoms with E-state index in [9.17, 15) is 9.59 Å². The molecule has 1 heterocycles. The number of fused-ring (bicyclic) bond motifs is 1. The lowest BCUT2D eigenvalue weighted by Crippen LogP contribution is -2.43. The van der Waals surface area contributed by atoms with Gasteiger partial charge in [0.2, 0.25) is 0 Å². The van der Waals surface area contributed by atoms with Gasteiger partial charge in [0.05, 0.1) is 25.1 Å². The predicted molar refractivity (Wildman–Crippen MR) is 98.7 cm³/mol. The SMILES string of the molecule is COc1ccc(OC)c2c1c(=O)cc(C(=O)N(C(C)C)C(C)C)n2C. The number of pyridine rings is 1. The van der Waals surface area contributed by atoms with E-state index in [0.717, 1.165) is 0 Å². The summed E-state index contributed by atoms with van der Waals surface area (Å²) in [7, 11) is 4.81. The standard InChI is InChI=1S/C19H26N2O4/c1-11(2)21(12(3)4)19(23)13-10-14(22)17-15(24-6)8-9-16(25-7)18(17)20(13)5/h8-12H,1-7H3. The molecule has 136 valence electrons. The van der Waals surface area contributed by atoms with Gasteiger partial charge in [0.25, 0.3) is 5.91 Å². The van der Waals surface area contributed by atoms with E-state index in [1.807, 2.05) is 27.7 Å². The van der Waals surface area contributed by atoms with Crippen molar-refractivity contribution in [3.63, 3.8) is 0 Å². The highest BCUT2D eigenvalue weighted by Gasteiger charge is 2.26. The second-order valence-corrected chi connectivity index (χ2v) is 6.55.